The van der Waals surface area contributed by atoms with Crippen molar-refractivity contribution in [2.45, 2.75) is 71.0 Å². The maximum absolute atomic E-state index is 11.6. The first-order valence-corrected chi connectivity index (χ1v) is 7.58. The highest BCUT2D eigenvalue weighted by molar-refractivity contribution is 5.84. The summed E-state index contributed by atoms with van der Waals surface area (Å²) in [5.74, 6) is 0.534. The number of carbonyl (C=O) groups excluding carboxylic acids is 1. The molecule has 3 N–H and O–H groups in total. The number of likely N-dealkylation sites (tertiary alicyclic amines) is 1. The molecule has 0 aromatic heterocycles. The predicted molar refractivity (Wildman–Crippen MR) is 79.9 cm³/mol. The third-order valence-corrected chi connectivity index (χ3v) is 4.97. The van der Waals surface area contributed by atoms with E-state index in [2.05, 4.69) is 31.0 Å². The largest absolute Gasteiger partial charge is 0.368 e. The second kappa shape index (κ2) is 6.71. The van der Waals surface area contributed by atoms with Crippen LogP contribution < -0.4 is 11.1 Å². The monoisotopic (exact) mass is 269 g/mol. The predicted octanol–water partition coefficient (Wildman–Crippen LogP) is 1.74. The van der Waals surface area contributed by atoms with Crippen LogP contribution in [0.2, 0.25) is 0 Å². The summed E-state index contributed by atoms with van der Waals surface area (Å²) in [6, 6.07) is 0.973. The first-order valence-electron chi connectivity index (χ1n) is 7.58. The fourth-order valence-corrected chi connectivity index (χ4v) is 3.19. The van der Waals surface area contributed by atoms with Gasteiger partial charge in [-0.2, -0.15) is 0 Å². The molecular formula is C15H31N3O. The number of rotatable bonds is 6. The molecule has 4 heteroatoms. The standard InChI is InChI=1S/C15H31N3O/c1-6-13-8-7-11(2)18(10-13)12(3)9-15(4,17-5)14(16)19/h11-13,17H,6-10H2,1-5H3,(H2,16,19). The Kier molecular flexibility index (Phi) is 5.81. The van der Waals surface area contributed by atoms with Crippen LogP contribution in [0.1, 0.15) is 53.4 Å². The van der Waals surface area contributed by atoms with Gasteiger partial charge < -0.3 is 11.1 Å². The maximum Gasteiger partial charge on any atom is 0.237 e. The van der Waals surface area contributed by atoms with Crippen LogP contribution in [0, 0.1) is 5.92 Å². The quantitative estimate of drug-likeness (QED) is 0.772. The van der Waals surface area contributed by atoms with Crippen LogP contribution in [0.3, 0.4) is 0 Å². The van der Waals surface area contributed by atoms with Gasteiger partial charge in [0.25, 0.3) is 0 Å². The Morgan fingerprint density at radius 3 is 2.63 bits per heavy atom. The fourth-order valence-electron chi connectivity index (χ4n) is 3.19. The van der Waals surface area contributed by atoms with E-state index in [9.17, 15) is 4.79 Å². The molecule has 1 aliphatic heterocycles. The van der Waals surface area contributed by atoms with Gasteiger partial charge >= 0.3 is 0 Å². The van der Waals surface area contributed by atoms with Crippen LogP contribution in [0.5, 0.6) is 0 Å². The highest BCUT2D eigenvalue weighted by Crippen LogP contribution is 2.28. The highest BCUT2D eigenvalue weighted by atomic mass is 16.1. The van der Waals surface area contributed by atoms with Crippen molar-refractivity contribution in [1.29, 1.82) is 0 Å². The average Bonchev–Trinajstić information content (AvgIpc) is 2.38. The summed E-state index contributed by atoms with van der Waals surface area (Å²) in [5, 5.41) is 3.09. The molecule has 1 heterocycles. The van der Waals surface area contributed by atoms with Crippen LogP contribution in [-0.2, 0) is 4.79 Å². The number of primary amides is 1. The molecule has 1 fully saturated rings. The van der Waals surface area contributed by atoms with Crippen molar-refractivity contribution in [3.8, 4) is 0 Å². The zero-order chi connectivity index (χ0) is 14.6. The van der Waals surface area contributed by atoms with Crippen molar-refractivity contribution in [3.63, 3.8) is 0 Å². The van der Waals surface area contributed by atoms with E-state index < -0.39 is 5.54 Å². The van der Waals surface area contributed by atoms with E-state index in [1.54, 1.807) is 0 Å². The van der Waals surface area contributed by atoms with Gasteiger partial charge in [0.15, 0.2) is 0 Å². The minimum Gasteiger partial charge on any atom is -0.368 e. The molecule has 0 aromatic carbocycles. The SMILES string of the molecule is CCC1CCC(C)N(C(C)CC(C)(NC)C(N)=O)C1. The number of nitrogens with zero attached hydrogens (tertiary/aromatic N) is 1. The molecule has 0 saturated carbocycles. The van der Waals surface area contributed by atoms with Gasteiger partial charge in [0.2, 0.25) is 5.91 Å². The molecule has 0 aromatic rings. The van der Waals surface area contributed by atoms with Crippen molar-refractivity contribution < 1.29 is 4.79 Å². The van der Waals surface area contributed by atoms with E-state index in [1.807, 2.05) is 14.0 Å². The number of nitrogens with one attached hydrogen (secondary N) is 1. The number of carbonyl (C=O) groups is 1. The minimum atomic E-state index is -0.613. The molecule has 4 atom stereocenters. The van der Waals surface area contributed by atoms with Crippen molar-refractivity contribution in [2.24, 2.45) is 11.7 Å². The van der Waals surface area contributed by atoms with Crippen LogP contribution in [0.25, 0.3) is 0 Å². The lowest BCUT2D eigenvalue weighted by molar-refractivity contribution is -0.124. The zero-order valence-electron chi connectivity index (χ0n) is 13.2. The van der Waals surface area contributed by atoms with Gasteiger partial charge in [0.05, 0.1) is 5.54 Å². The third-order valence-electron chi connectivity index (χ3n) is 4.97. The molecule has 1 rings (SSSR count). The highest BCUT2D eigenvalue weighted by Gasteiger charge is 2.35. The van der Waals surface area contributed by atoms with E-state index in [-0.39, 0.29) is 5.91 Å². The second-order valence-corrected chi connectivity index (χ2v) is 6.40. The summed E-state index contributed by atoms with van der Waals surface area (Å²) >= 11 is 0. The molecule has 19 heavy (non-hydrogen) atoms. The smallest absolute Gasteiger partial charge is 0.237 e. The van der Waals surface area contributed by atoms with Crippen LogP contribution >= 0.6 is 0 Å². The molecular weight excluding hydrogens is 238 g/mol. The normalized spacial score (nSPS) is 29.7. The fraction of sp³-hybridized carbons (Fsp3) is 0.933. The number of hydrogen-bond donors (Lipinski definition) is 2. The number of piperidine rings is 1. The van der Waals surface area contributed by atoms with E-state index in [0.717, 1.165) is 18.9 Å². The Morgan fingerprint density at radius 1 is 1.53 bits per heavy atom. The van der Waals surface area contributed by atoms with Gasteiger partial charge in [-0.05, 0) is 53.0 Å². The van der Waals surface area contributed by atoms with E-state index in [0.29, 0.717) is 12.1 Å². The summed E-state index contributed by atoms with van der Waals surface area (Å²) < 4.78 is 0. The second-order valence-electron chi connectivity index (χ2n) is 6.40. The van der Waals surface area contributed by atoms with E-state index in [4.69, 9.17) is 5.73 Å². The van der Waals surface area contributed by atoms with Crippen molar-refractivity contribution >= 4 is 5.91 Å². The average molecular weight is 269 g/mol. The lowest BCUT2D eigenvalue weighted by atomic mass is 9.87. The molecule has 112 valence electrons. The molecule has 1 saturated heterocycles. The summed E-state index contributed by atoms with van der Waals surface area (Å²) in [6.45, 7) is 9.83. The Hall–Kier alpha value is -0.610. The Balaban J connectivity index is 2.70. The van der Waals surface area contributed by atoms with E-state index in [1.165, 1.54) is 19.3 Å². The van der Waals surface area contributed by atoms with Crippen LogP contribution in [0.4, 0.5) is 0 Å². The van der Waals surface area contributed by atoms with E-state index >= 15 is 0 Å². The first-order chi connectivity index (χ1) is 8.84. The molecule has 0 radical (unpaired) electrons. The van der Waals surface area contributed by atoms with Crippen LogP contribution in [0.15, 0.2) is 0 Å². The Morgan fingerprint density at radius 2 is 2.16 bits per heavy atom. The van der Waals surface area contributed by atoms with Crippen molar-refractivity contribution in [1.82, 2.24) is 10.2 Å². The van der Waals surface area contributed by atoms with Gasteiger partial charge in [-0.3, -0.25) is 9.69 Å². The molecule has 0 spiro atoms. The number of hydrogen-bond acceptors (Lipinski definition) is 3. The Labute approximate surface area is 118 Å². The van der Waals surface area contributed by atoms with Gasteiger partial charge in [0.1, 0.15) is 0 Å². The van der Waals surface area contributed by atoms with Gasteiger partial charge in [-0.25, -0.2) is 0 Å². The van der Waals surface area contributed by atoms with Gasteiger partial charge in [-0.1, -0.05) is 13.3 Å². The van der Waals surface area contributed by atoms with Crippen LogP contribution in [-0.4, -0.2) is 42.0 Å². The molecule has 4 unspecified atom stereocenters. The lowest BCUT2D eigenvalue weighted by Crippen LogP contribution is -2.57. The van der Waals surface area contributed by atoms with Gasteiger partial charge in [0, 0.05) is 18.6 Å². The van der Waals surface area contributed by atoms with Crippen molar-refractivity contribution in [2.75, 3.05) is 13.6 Å². The molecule has 0 aliphatic carbocycles. The summed E-state index contributed by atoms with van der Waals surface area (Å²) in [7, 11) is 1.81. The summed E-state index contributed by atoms with van der Waals surface area (Å²) in [6.07, 6.45) is 4.60. The lowest BCUT2D eigenvalue weighted by Gasteiger charge is -2.43. The number of amides is 1. The zero-order valence-corrected chi connectivity index (χ0v) is 13.2. The third kappa shape index (κ3) is 3.93. The first kappa shape index (κ1) is 16.4. The molecule has 1 aliphatic rings. The molecule has 4 nitrogen and oxygen atoms in total. The maximum atomic E-state index is 11.6. The van der Waals surface area contributed by atoms with Gasteiger partial charge in [-0.15, -0.1) is 0 Å². The number of likely N-dealkylation sites (N-methyl/N-ethyl adjacent to an activating group) is 1. The summed E-state index contributed by atoms with van der Waals surface area (Å²) in [5.41, 5.74) is 4.91. The number of nitrogens with two attached hydrogens (primary N) is 1. The molecule has 0 bridgehead atoms. The molecule has 1 amide bonds. The Bertz CT molecular complexity index is 308. The minimum absolute atomic E-state index is 0.265. The topological polar surface area (TPSA) is 58.4 Å². The summed E-state index contributed by atoms with van der Waals surface area (Å²) in [4.78, 5) is 14.2. The van der Waals surface area contributed by atoms with Crippen molar-refractivity contribution in [3.05, 3.63) is 0 Å².